The van der Waals surface area contributed by atoms with E-state index in [4.69, 9.17) is 0 Å². The number of benzene rings is 2. The minimum atomic E-state index is -0.143. The van der Waals surface area contributed by atoms with Crippen LogP contribution >= 0.6 is 11.3 Å². The van der Waals surface area contributed by atoms with Crippen LogP contribution in [0.1, 0.15) is 46.5 Å². The van der Waals surface area contributed by atoms with Crippen LogP contribution in [0.5, 0.6) is 0 Å². The number of amides is 2. The highest BCUT2D eigenvalue weighted by Gasteiger charge is 2.26. The van der Waals surface area contributed by atoms with Crippen molar-refractivity contribution in [3.8, 4) is 0 Å². The normalized spacial score (nSPS) is 19.3. The molecule has 150 valence electrons. The van der Waals surface area contributed by atoms with E-state index in [9.17, 15) is 9.59 Å². The second-order valence-electron chi connectivity index (χ2n) is 8.29. The maximum Gasteiger partial charge on any atom is 0.257 e. The maximum atomic E-state index is 13.1. The summed E-state index contributed by atoms with van der Waals surface area (Å²) in [6.45, 7) is 7.92. The van der Waals surface area contributed by atoms with Gasteiger partial charge in [0.25, 0.3) is 11.8 Å². The first-order chi connectivity index (χ1) is 13.9. The van der Waals surface area contributed by atoms with E-state index in [1.165, 1.54) is 0 Å². The zero-order valence-electron chi connectivity index (χ0n) is 17.1. The highest BCUT2D eigenvalue weighted by Crippen LogP contribution is 2.28. The van der Waals surface area contributed by atoms with E-state index < -0.39 is 0 Å². The molecule has 2 atom stereocenters. The summed E-state index contributed by atoms with van der Waals surface area (Å²) >= 11 is 1.56. The molecule has 1 fully saturated rings. The summed E-state index contributed by atoms with van der Waals surface area (Å²) in [7, 11) is 0. The molecule has 1 aromatic heterocycles. The van der Waals surface area contributed by atoms with Gasteiger partial charge in [-0.2, -0.15) is 0 Å². The van der Waals surface area contributed by atoms with Gasteiger partial charge >= 0.3 is 0 Å². The van der Waals surface area contributed by atoms with Crippen molar-refractivity contribution >= 4 is 38.9 Å². The molecule has 1 N–H and O–H groups in total. The number of nitrogens with zero attached hydrogens (tertiary/aromatic N) is 1. The Hall–Kier alpha value is -2.66. The topological polar surface area (TPSA) is 49.4 Å². The van der Waals surface area contributed by atoms with Gasteiger partial charge in [0.15, 0.2) is 0 Å². The molecule has 1 aliphatic heterocycles. The number of thiophene rings is 1. The summed E-state index contributed by atoms with van der Waals surface area (Å²) in [5.74, 6) is 0.925. The van der Waals surface area contributed by atoms with Crippen LogP contribution in [0.4, 0.5) is 5.69 Å². The van der Waals surface area contributed by atoms with Crippen molar-refractivity contribution in [2.75, 3.05) is 18.4 Å². The molecule has 1 saturated heterocycles. The van der Waals surface area contributed by atoms with Crippen LogP contribution in [-0.4, -0.2) is 29.8 Å². The van der Waals surface area contributed by atoms with Crippen LogP contribution in [0.15, 0.2) is 47.8 Å². The number of fused-ring (bicyclic) bond motifs is 1. The van der Waals surface area contributed by atoms with Crippen molar-refractivity contribution in [2.45, 2.75) is 27.2 Å². The SMILES string of the molecule is Cc1ccc(C(=O)N2CC(C)CC(C)C2)cc1NC(=O)c1csc2ccccc12. The number of hydrogen-bond donors (Lipinski definition) is 1. The number of rotatable bonds is 3. The minimum Gasteiger partial charge on any atom is -0.338 e. The summed E-state index contributed by atoms with van der Waals surface area (Å²) in [5, 5.41) is 5.86. The van der Waals surface area contributed by atoms with Gasteiger partial charge in [0, 0.05) is 39.8 Å². The van der Waals surface area contributed by atoms with E-state index in [-0.39, 0.29) is 11.8 Å². The third kappa shape index (κ3) is 4.06. The first kappa shape index (κ1) is 19.6. The first-order valence-corrected chi connectivity index (χ1v) is 11.0. The second-order valence-corrected chi connectivity index (χ2v) is 9.20. The van der Waals surface area contributed by atoms with Gasteiger partial charge in [-0.25, -0.2) is 0 Å². The van der Waals surface area contributed by atoms with Crippen LogP contribution in [0, 0.1) is 18.8 Å². The Kier molecular flexibility index (Phi) is 5.41. The molecule has 29 heavy (non-hydrogen) atoms. The zero-order chi connectivity index (χ0) is 20.5. The van der Waals surface area contributed by atoms with Gasteiger partial charge in [-0.05, 0) is 48.9 Å². The largest absolute Gasteiger partial charge is 0.338 e. The average Bonchev–Trinajstić information content (AvgIpc) is 3.12. The molecule has 0 aliphatic carbocycles. The Morgan fingerprint density at radius 2 is 1.79 bits per heavy atom. The molecule has 5 heteroatoms. The molecule has 3 aromatic rings. The first-order valence-electron chi connectivity index (χ1n) is 10.1. The van der Waals surface area contributed by atoms with Gasteiger partial charge in [0.2, 0.25) is 0 Å². The number of anilines is 1. The maximum absolute atomic E-state index is 13.1. The monoisotopic (exact) mass is 406 g/mol. The Labute approximate surface area is 175 Å². The fourth-order valence-corrected chi connectivity index (χ4v) is 5.19. The van der Waals surface area contributed by atoms with Gasteiger partial charge in [-0.15, -0.1) is 11.3 Å². The van der Waals surface area contributed by atoms with Crippen molar-refractivity contribution in [3.05, 3.63) is 64.5 Å². The van der Waals surface area contributed by atoms with E-state index in [0.717, 1.165) is 35.2 Å². The summed E-state index contributed by atoms with van der Waals surface area (Å²) in [6.07, 6.45) is 1.16. The Balaban J connectivity index is 1.57. The Morgan fingerprint density at radius 3 is 2.55 bits per heavy atom. The molecule has 0 spiro atoms. The van der Waals surface area contributed by atoms with Crippen LogP contribution in [0.25, 0.3) is 10.1 Å². The molecule has 0 radical (unpaired) electrons. The average molecular weight is 407 g/mol. The van der Waals surface area contributed by atoms with Crippen LogP contribution in [-0.2, 0) is 0 Å². The third-order valence-corrected chi connectivity index (χ3v) is 6.58. The number of aryl methyl sites for hydroxylation is 1. The fraction of sp³-hybridized carbons (Fsp3) is 0.333. The van der Waals surface area contributed by atoms with Crippen molar-refractivity contribution in [2.24, 2.45) is 11.8 Å². The molecule has 2 unspecified atom stereocenters. The zero-order valence-corrected chi connectivity index (χ0v) is 17.9. The number of carbonyl (C=O) groups is 2. The van der Waals surface area contributed by atoms with Crippen LogP contribution in [0.2, 0.25) is 0 Å². The molecule has 2 amide bonds. The van der Waals surface area contributed by atoms with Crippen molar-refractivity contribution in [1.82, 2.24) is 4.90 Å². The summed E-state index contributed by atoms with van der Waals surface area (Å²) in [4.78, 5) is 27.9. The van der Waals surface area contributed by atoms with Crippen molar-refractivity contribution in [1.29, 1.82) is 0 Å². The van der Waals surface area contributed by atoms with E-state index in [0.29, 0.717) is 28.7 Å². The summed E-state index contributed by atoms with van der Waals surface area (Å²) in [6, 6.07) is 13.5. The Bertz CT molecular complexity index is 1060. The van der Waals surface area contributed by atoms with E-state index in [1.807, 2.05) is 59.7 Å². The van der Waals surface area contributed by atoms with Gasteiger partial charge in [0.05, 0.1) is 5.56 Å². The lowest BCUT2D eigenvalue weighted by Crippen LogP contribution is -2.42. The predicted octanol–water partition coefficient (Wildman–Crippen LogP) is 5.58. The number of hydrogen-bond acceptors (Lipinski definition) is 3. The molecular formula is C24H26N2O2S. The van der Waals surface area contributed by atoms with Gasteiger partial charge in [-0.1, -0.05) is 38.1 Å². The lowest BCUT2D eigenvalue weighted by molar-refractivity contribution is 0.0623. The van der Waals surface area contributed by atoms with E-state index in [1.54, 1.807) is 11.3 Å². The Morgan fingerprint density at radius 1 is 1.07 bits per heavy atom. The van der Waals surface area contributed by atoms with Gasteiger partial charge in [-0.3, -0.25) is 9.59 Å². The smallest absolute Gasteiger partial charge is 0.257 e. The van der Waals surface area contributed by atoms with E-state index >= 15 is 0 Å². The third-order valence-electron chi connectivity index (χ3n) is 5.61. The molecule has 0 saturated carbocycles. The lowest BCUT2D eigenvalue weighted by Gasteiger charge is -2.35. The number of likely N-dealkylation sites (tertiary alicyclic amines) is 1. The summed E-state index contributed by atoms with van der Waals surface area (Å²) in [5.41, 5.74) is 2.92. The van der Waals surface area contributed by atoms with Crippen molar-refractivity contribution < 1.29 is 9.59 Å². The number of piperidine rings is 1. The molecule has 1 aliphatic rings. The molecule has 0 bridgehead atoms. The van der Waals surface area contributed by atoms with Crippen LogP contribution < -0.4 is 5.32 Å². The van der Waals surface area contributed by atoms with Crippen LogP contribution in [0.3, 0.4) is 0 Å². The minimum absolute atomic E-state index is 0.0416. The second kappa shape index (κ2) is 7.99. The van der Waals surface area contributed by atoms with E-state index in [2.05, 4.69) is 19.2 Å². The fourth-order valence-electron chi connectivity index (χ4n) is 4.24. The van der Waals surface area contributed by atoms with Gasteiger partial charge in [0.1, 0.15) is 0 Å². The molecule has 2 aromatic carbocycles. The molecule has 4 rings (SSSR count). The highest BCUT2D eigenvalue weighted by atomic mass is 32.1. The standard InChI is InChI=1S/C24H26N2O2S/c1-15-10-16(2)13-26(12-15)24(28)18-9-8-17(3)21(11-18)25-23(27)20-14-29-22-7-5-4-6-19(20)22/h4-9,11,14-16H,10,12-13H2,1-3H3,(H,25,27). The molecule has 2 heterocycles. The van der Waals surface area contributed by atoms with Gasteiger partial charge < -0.3 is 10.2 Å². The quantitative estimate of drug-likeness (QED) is 0.617. The molecule has 4 nitrogen and oxygen atoms in total. The number of nitrogens with one attached hydrogen (secondary N) is 1. The molecular weight excluding hydrogens is 380 g/mol. The predicted molar refractivity (Wildman–Crippen MR) is 120 cm³/mol. The summed E-state index contributed by atoms with van der Waals surface area (Å²) < 4.78 is 1.09. The van der Waals surface area contributed by atoms with Crippen molar-refractivity contribution in [3.63, 3.8) is 0 Å². The lowest BCUT2D eigenvalue weighted by atomic mass is 9.91. The number of carbonyl (C=O) groups excluding carboxylic acids is 2. The highest BCUT2D eigenvalue weighted by molar-refractivity contribution is 7.17.